The molecule has 0 radical (unpaired) electrons. The van der Waals surface area contributed by atoms with Crippen LogP contribution in [0.1, 0.15) is 17.3 Å². The maximum Gasteiger partial charge on any atom is 0.279 e. The van der Waals surface area contributed by atoms with Gasteiger partial charge in [0.15, 0.2) is 4.80 Å². The van der Waals surface area contributed by atoms with Gasteiger partial charge in [-0.1, -0.05) is 22.9 Å². The first-order chi connectivity index (χ1) is 14.4. The molecule has 0 aliphatic carbocycles. The van der Waals surface area contributed by atoms with Crippen molar-refractivity contribution < 1.29 is 17.9 Å². The van der Waals surface area contributed by atoms with Crippen molar-refractivity contribution >= 4 is 49.1 Å². The number of hydrogen-bond acceptors (Lipinski definition) is 5. The summed E-state index contributed by atoms with van der Waals surface area (Å²) in [5.41, 5.74) is 1.29. The number of amides is 1. The minimum absolute atomic E-state index is 0.154. The lowest BCUT2D eigenvalue weighted by Crippen LogP contribution is -2.40. The Labute approximate surface area is 183 Å². The van der Waals surface area contributed by atoms with Gasteiger partial charge in [0.25, 0.3) is 5.91 Å². The van der Waals surface area contributed by atoms with Crippen LogP contribution >= 0.6 is 22.9 Å². The van der Waals surface area contributed by atoms with Gasteiger partial charge in [0.05, 0.1) is 28.3 Å². The number of rotatable bonds is 4. The van der Waals surface area contributed by atoms with E-state index in [1.165, 1.54) is 39.9 Å². The van der Waals surface area contributed by atoms with Crippen molar-refractivity contribution in [3.05, 3.63) is 57.9 Å². The number of benzene rings is 2. The van der Waals surface area contributed by atoms with E-state index in [1.807, 2.05) is 29.7 Å². The normalized spacial score (nSPS) is 16.3. The second kappa shape index (κ2) is 8.60. The largest absolute Gasteiger partial charge is 0.379 e. The number of halogens is 1. The summed E-state index contributed by atoms with van der Waals surface area (Å²) in [4.78, 5) is 17.7. The molecule has 7 nitrogen and oxygen atoms in total. The summed E-state index contributed by atoms with van der Waals surface area (Å²) in [6.45, 7) is 4.05. The predicted molar refractivity (Wildman–Crippen MR) is 116 cm³/mol. The molecule has 1 aromatic heterocycles. The van der Waals surface area contributed by atoms with E-state index in [0.29, 0.717) is 48.2 Å². The average molecular weight is 466 g/mol. The number of sulfonamides is 1. The van der Waals surface area contributed by atoms with Crippen LogP contribution in [0.15, 0.2) is 52.4 Å². The first kappa shape index (κ1) is 21.2. The van der Waals surface area contributed by atoms with E-state index in [-0.39, 0.29) is 4.90 Å². The number of aromatic nitrogens is 1. The summed E-state index contributed by atoms with van der Waals surface area (Å²) in [7, 11) is -3.60. The van der Waals surface area contributed by atoms with Gasteiger partial charge in [0, 0.05) is 30.2 Å². The van der Waals surface area contributed by atoms with Gasteiger partial charge < -0.3 is 9.30 Å². The van der Waals surface area contributed by atoms with Crippen molar-refractivity contribution in [2.24, 2.45) is 4.99 Å². The van der Waals surface area contributed by atoms with Crippen LogP contribution in [0.4, 0.5) is 0 Å². The Morgan fingerprint density at radius 2 is 1.87 bits per heavy atom. The zero-order valence-electron chi connectivity index (χ0n) is 16.2. The Kier molecular flexibility index (Phi) is 6.08. The lowest BCUT2D eigenvalue weighted by atomic mass is 10.2. The van der Waals surface area contributed by atoms with Crippen LogP contribution in [0.5, 0.6) is 0 Å². The van der Waals surface area contributed by atoms with Crippen molar-refractivity contribution in [1.82, 2.24) is 8.87 Å². The fourth-order valence-corrected chi connectivity index (χ4v) is 6.07. The van der Waals surface area contributed by atoms with Gasteiger partial charge in [-0.25, -0.2) is 8.42 Å². The summed E-state index contributed by atoms with van der Waals surface area (Å²) < 4.78 is 34.9. The summed E-state index contributed by atoms with van der Waals surface area (Å²) in [5, 5.41) is 0.627. The predicted octanol–water partition coefficient (Wildman–Crippen LogP) is 3.14. The molecule has 2 aromatic carbocycles. The van der Waals surface area contributed by atoms with Crippen molar-refractivity contribution in [2.45, 2.75) is 18.4 Å². The molecule has 1 fully saturated rings. The van der Waals surface area contributed by atoms with Gasteiger partial charge >= 0.3 is 0 Å². The molecule has 0 spiro atoms. The summed E-state index contributed by atoms with van der Waals surface area (Å²) in [5.74, 6) is -0.426. The number of nitrogens with zero attached hydrogens (tertiary/aromatic N) is 3. The lowest BCUT2D eigenvalue weighted by Gasteiger charge is -2.26. The van der Waals surface area contributed by atoms with E-state index in [4.69, 9.17) is 16.3 Å². The monoisotopic (exact) mass is 465 g/mol. The molecule has 1 amide bonds. The highest BCUT2D eigenvalue weighted by Crippen LogP contribution is 2.22. The Morgan fingerprint density at radius 3 is 2.53 bits per heavy atom. The van der Waals surface area contributed by atoms with Gasteiger partial charge in [0.1, 0.15) is 0 Å². The van der Waals surface area contributed by atoms with E-state index in [2.05, 4.69) is 4.99 Å². The highest BCUT2D eigenvalue weighted by molar-refractivity contribution is 7.89. The first-order valence-corrected chi connectivity index (χ1v) is 12.1. The number of carbonyl (C=O) groups excluding carboxylic acids is 1. The molecule has 158 valence electrons. The van der Waals surface area contributed by atoms with E-state index >= 15 is 0 Å². The Balaban J connectivity index is 1.64. The van der Waals surface area contributed by atoms with Crippen LogP contribution in [-0.2, 0) is 21.3 Å². The van der Waals surface area contributed by atoms with Crippen molar-refractivity contribution in [3.63, 3.8) is 0 Å². The van der Waals surface area contributed by atoms with Crippen molar-refractivity contribution in [1.29, 1.82) is 0 Å². The van der Waals surface area contributed by atoms with Crippen molar-refractivity contribution in [2.75, 3.05) is 26.3 Å². The van der Waals surface area contributed by atoms with Gasteiger partial charge in [0.2, 0.25) is 10.0 Å². The number of ether oxygens (including phenoxy) is 1. The molecule has 0 atom stereocenters. The SMILES string of the molecule is CCn1c(=NC(=O)c2ccc(S(=O)(=O)N3CCOCC3)cc2)sc2cc(Cl)ccc21. The number of fused-ring (bicyclic) bond motifs is 1. The van der Waals surface area contributed by atoms with Crippen molar-refractivity contribution in [3.8, 4) is 0 Å². The van der Waals surface area contributed by atoms with Crippen LogP contribution in [0.3, 0.4) is 0 Å². The Bertz CT molecular complexity index is 1260. The standard InChI is InChI=1S/C20H20ClN3O4S2/c1-2-24-17-8-5-15(21)13-18(17)29-20(24)22-19(25)14-3-6-16(7-4-14)30(26,27)23-9-11-28-12-10-23/h3-8,13H,2,9-12H2,1H3. The van der Waals surface area contributed by atoms with Gasteiger partial charge in [-0.15, -0.1) is 0 Å². The molecule has 1 aliphatic heterocycles. The van der Waals surface area contributed by atoms with E-state index in [0.717, 1.165) is 10.2 Å². The summed E-state index contributed by atoms with van der Waals surface area (Å²) >= 11 is 7.46. The molecule has 1 saturated heterocycles. The third-order valence-electron chi connectivity index (χ3n) is 4.87. The van der Waals surface area contributed by atoms with Gasteiger partial charge in [-0.05, 0) is 49.4 Å². The molecular formula is C20H20ClN3O4S2. The molecule has 0 N–H and O–H groups in total. The summed E-state index contributed by atoms with van der Waals surface area (Å²) in [6.07, 6.45) is 0. The van der Waals surface area contributed by atoms with Crippen LogP contribution in [0.2, 0.25) is 5.02 Å². The number of thiazole rings is 1. The minimum atomic E-state index is -3.60. The maximum atomic E-state index is 12.7. The Hall–Kier alpha value is -2.04. The highest BCUT2D eigenvalue weighted by atomic mass is 35.5. The third-order valence-corrected chi connectivity index (χ3v) is 8.06. The smallest absolute Gasteiger partial charge is 0.279 e. The molecule has 4 rings (SSSR count). The number of carbonyl (C=O) groups is 1. The topological polar surface area (TPSA) is 81.0 Å². The zero-order chi connectivity index (χ0) is 21.3. The van der Waals surface area contributed by atoms with E-state index in [9.17, 15) is 13.2 Å². The molecule has 10 heteroatoms. The van der Waals surface area contributed by atoms with Gasteiger partial charge in [-0.3, -0.25) is 4.79 Å². The highest BCUT2D eigenvalue weighted by Gasteiger charge is 2.26. The van der Waals surface area contributed by atoms with Crippen LogP contribution in [-0.4, -0.2) is 49.5 Å². The first-order valence-electron chi connectivity index (χ1n) is 9.46. The van der Waals surface area contributed by atoms with Crippen LogP contribution < -0.4 is 4.80 Å². The molecule has 0 unspecified atom stereocenters. The van der Waals surface area contributed by atoms with E-state index < -0.39 is 15.9 Å². The fraction of sp³-hybridized carbons (Fsp3) is 0.300. The third kappa shape index (κ3) is 4.08. The molecule has 2 heterocycles. The molecule has 3 aromatic rings. The molecule has 0 saturated carbocycles. The Morgan fingerprint density at radius 1 is 1.17 bits per heavy atom. The van der Waals surface area contributed by atoms with E-state index in [1.54, 1.807) is 0 Å². The van der Waals surface area contributed by atoms with Gasteiger partial charge in [-0.2, -0.15) is 9.30 Å². The minimum Gasteiger partial charge on any atom is -0.379 e. The van der Waals surface area contributed by atoms with Crippen LogP contribution in [0.25, 0.3) is 10.2 Å². The maximum absolute atomic E-state index is 12.7. The lowest BCUT2D eigenvalue weighted by molar-refractivity contribution is 0.0730. The number of aryl methyl sites for hydroxylation is 1. The molecular weight excluding hydrogens is 446 g/mol. The fourth-order valence-electron chi connectivity index (χ4n) is 3.29. The second-order valence-corrected chi connectivity index (χ2v) is 10.1. The number of morpholine rings is 1. The number of hydrogen-bond donors (Lipinski definition) is 0. The zero-order valence-corrected chi connectivity index (χ0v) is 18.6. The molecule has 0 bridgehead atoms. The quantitative estimate of drug-likeness (QED) is 0.592. The average Bonchev–Trinajstić information content (AvgIpc) is 3.10. The summed E-state index contributed by atoms with van der Waals surface area (Å²) in [6, 6.07) is 11.5. The molecule has 30 heavy (non-hydrogen) atoms. The second-order valence-electron chi connectivity index (χ2n) is 6.70. The molecule has 1 aliphatic rings. The van der Waals surface area contributed by atoms with Crippen LogP contribution in [0, 0.1) is 0 Å².